The summed E-state index contributed by atoms with van der Waals surface area (Å²) in [4.78, 5) is 17.8. The first kappa shape index (κ1) is 14.1. The number of carbonyl (C=O) groups excluding carboxylic acids is 1. The molecule has 0 spiro atoms. The Morgan fingerprint density at radius 1 is 1.59 bits per heavy atom. The average molecular weight is 274 g/mol. The SMILES string of the molecule is CNc1cc(C(=O)N(C)CCSC)cc(Cl)n1. The number of amides is 1. The van der Waals surface area contributed by atoms with Crippen LogP contribution in [0.1, 0.15) is 10.4 Å². The van der Waals surface area contributed by atoms with E-state index in [1.54, 1.807) is 42.9 Å². The normalized spacial score (nSPS) is 10.1. The molecule has 1 rings (SSSR count). The number of nitrogens with zero attached hydrogens (tertiary/aromatic N) is 2. The highest BCUT2D eigenvalue weighted by Gasteiger charge is 2.13. The van der Waals surface area contributed by atoms with Crippen molar-refractivity contribution in [2.24, 2.45) is 0 Å². The Morgan fingerprint density at radius 2 is 2.29 bits per heavy atom. The highest BCUT2D eigenvalue weighted by Crippen LogP contribution is 2.15. The summed E-state index contributed by atoms with van der Waals surface area (Å²) < 4.78 is 0. The minimum Gasteiger partial charge on any atom is -0.373 e. The van der Waals surface area contributed by atoms with Crippen molar-refractivity contribution in [2.75, 3.05) is 38.0 Å². The van der Waals surface area contributed by atoms with Crippen LogP contribution in [0.15, 0.2) is 12.1 Å². The van der Waals surface area contributed by atoms with Gasteiger partial charge in [-0.05, 0) is 18.4 Å². The number of halogens is 1. The van der Waals surface area contributed by atoms with Crippen LogP contribution in [-0.2, 0) is 0 Å². The Bertz CT molecular complexity index is 400. The largest absolute Gasteiger partial charge is 0.373 e. The molecule has 0 fully saturated rings. The van der Waals surface area contributed by atoms with Gasteiger partial charge in [0.15, 0.2) is 0 Å². The van der Waals surface area contributed by atoms with Gasteiger partial charge in [0, 0.05) is 32.0 Å². The number of thioether (sulfide) groups is 1. The summed E-state index contributed by atoms with van der Waals surface area (Å²) in [5.41, 5.74) is 0.554. The molecule has 0 saturated carbocycles. The summed E-state index contributed by atoms with van der Waals surface area (Å²) in [6, 6.07) is 3.28. The van der Waals surface area contributed by atoms with Gasteiger partial charge >= 0.3 is 0 Å². The predicted molar refractivity (Wildman–Crippen MR) is 74.1 cm³/mol. The van der Waals surface area contributed by atoms with Gasteiger partial charge in [-0.15, -0.1) is 0 Å². The van der Waals surface area contributed by atoms with Gasteiger partial charge in [0.2, 0.25) is 0 Å². The molecule has 0 saturated heterocycles. The van der Waals surface area contributed by atoms with Crippen LogP contribution in [0.5, 0.6) is 0 Å². The van der Waals surface area contributed by atoms with E-state index in [9.17, 15) is 4.79 Å². The van der Waals surface area contributed by atoms with Gasteiger partial charge in [0.25, 0.3) is 5.91 Å². The van der Waals surface area contributed by atoms with E-state index in [1.165, 1.54) is 0 Å². The van der Waals surface area contributed by atoms with Gasteiger partial charge in [-0.2, -0.15) is 11.8 Å². The fourth-order valence-electron chi connectivity index (χ4n) is 1.30. The lowest BCUT2D eigenvalue weighted by atomic mass is 10.2. The molecule has 0 atom stereocenters. The van der Waals surface area contributed by atoms with Crippen LogP contribution in [0.2, 0.25) is 5.15 Å². The van der Waals surface area contributed by atoms with E-state index in [0.717, 1.165) is 12.3 Å². The molecule has 1 aromatic rings. The van der Waals surface area contributed by atoms with E-state index < -0.39 is 0 Å². The van der Waals surface area contributed by atoms with Crippen LogP contribution in [0.3, 0.4) is 0 Å². The standard InChI is InChI=1S/C11H16ClN3OS/c1-13-10-7-8(6-9(12)14-10)11(16)15(2)4-5-17-3/h6-7H,4-5H2,1-3H3,(H,13,14). The Kier molecular flexibility index (Phi) is 5.58. The third-order valence-electron chi connectivity index (χ3n) is 2.27. The molecule has 1 N–H and O–H groups in total. The van der Waals surface area contributed by atoms with E-state index in [2.05, 4.69) is 10.3 Å². The fraction of sp³-hybridized carbons (Fsp3) is 0.455. The zero-order chi connectivity index (χ0) is 12.8. The van der Waals surface area contributed by atoms with Crippen molar-refractivity contribution in [3.05, 3.63) is 22.8 Å². The molecule has 1 amide bonds. The highest BCUT2D eigenvalue weighted by molar-refractivity contribution is 7.98. The zero-order valence-corrected chi connectivity index (χ0v) is 11.7. The number of carbonyl (C=O) groups is 1. The Labute approximate surface area is 111 Å². The monoisotopic (exact) mass is 273 g/mol. The third-order valence-corrected chi connectivity index (χ3v) is 3.06. The van der Waals surface area contributed by atoms with E-state index in [-0.39, 0.29) is 5.91 Å². The molecule has 0 bridgehead atoms. The van der Waals surface area contributed by atoms with E-state index in [4.69, 9.17) is 11.6 Å². The first-order chi connectivity index (χ1) is 8.08. The Hall–Kier alpha value is -0.940. The summed E-state index contributed by atoms with van der Waals surface area (Å²) in [6.07, 6.45) is 2.01. The molecule has 1 heterocycles. The predicted octanol–water partition coefficient (Wildman–Crippen LogP) is 2.21. The van der Waals surface area contributed by atoms with Crippen LogP contribution >= 0.6 is 23.4 Å². The maximum absolute atomic E-state index is 12.1. The highest BCUT2D eigenvalue weighted by atomic mass is 35.5. The molecule has 0 aliphatic carbocycles. The zero-order valence-electron chi connectivity index (χ0n) is 10.2. The summed E-state index contributed by atoms with van der Waals surface area (Å²) in [6.45, 7) is 0.717. The van der Waals surface area contributed by atoms with Gasteiger partial charge < -0.3 is 10.2 Å². The molecule has 17 heavy (non-hydrogen) atoms. The van der Waals surface area contributed by atoms with Crippen LogP contribution < -0.4 is 5.32 Å². The second-order valence-electron chi connectivity index (χ2n) is 3.53. The molecular formula is C11H16ClN3OS. The smallest absolute Gasteiger partial charge is 0.253 e. The van der Waals surface area contributed by atoms with Crippen molar-refractivity contribution in [2.45, 2.75) is 0 Å². The van der Waals surface area contributed by atoms with Crippen LogP contribution in [0.25, 0.3) is 0 Å². The number of hydrogen-bond donors (Lipinski definition) is 1. The van der Waals surface area contributed by atoms with E-state index in [0.29, 0.717) is 16.5 Å². The van der Waals surface area contributed by atoms with Gasteiger partial charge in [0.05, 0.1) is 0 Å². The molecule has 0 radical (unpaired) electrons. The lowest BCUT2D eigenvalue weighted by molar-refractivity contribution is 0.0803. The molecule has 6 heteroatoms. The molecule has 94 valence electrons. The number of aromatic nitrogens is 1. The number of anilines is 1. The summed E-state index contributed by atoms with van der Waals surface area (Å²) in [5.74, 6) is 1.47. The van der Waals surface area contributed by atoms with Gasteiger partial charge in [-0.3, -0.25) is 4.79 Å². The van der Waals surface area contributed by atoms with Crippen LogP contribution in [0, 0.1) is 0 Å². The first-order valence-electron chi connectivity index (χ1n) is 5.18. The molecule has 0 aliphatic rings. The second-order valence-corrected chi connectivity index (χ2v) is 4.91. The van der Waals surface area contributed by atoms with E-state index in [1.807, 2.05) is 6.26 Å². The Balaban J connectivity index is 2.84. The minimum atomic E-state index is -0.0418. The summed E-state index contributed by atoms with van der Waals surface area (Å²) in [7, 11) is 3.52. The fourth-order valence-corrected chi connectivity index (χ4v) is 1.96. The average Bonchev–Trinajstić information content (AvgIpc) is 2.34. The maximum atomic E-state index is 12.1. The summed E-state index contributed by atoms with van der Waals surface area (Å²) >= 11 is 7.56. The van der Waals surface area contributed by atoms with Crippen LogP contribution in [0.4, 0.5) is 5.82 Å². The van der Waals surface area contributed by atoms with Crippen molar-refractivity contribution in [1.82, 2.24) is 9.88 Å². The van der Waals surface area contributed by atoms with Gasteiger partial charge in [0.1, 0.15) is 11.0 Å². The number of hydrogen-bond acceptors (Lipinski definition) is 4. The molecule has 1 aromatic heterocycles. The third kappa shape index (κ3) is 4.09. The quantitative estimate of drug-likeness (QED) is 0.836. The summed E-state index contributed by atoms with van der Waals surface area (Å²) in [5, 5.41) is 3.19. The number of rotatable bonds is 5. The lowest BCUT2D eigenvalue weighted by Gasteiger charge is -2.17. The van der Waals surface area contributed by atoms with Crippen molar-refractivity contribution < 1.29 is 4.79 Å². The first-order valence-corrected chi connectivity index (χ1v) is 6.95. The second kappa shape index (κ2) is 6.71. The maximum Gasteiger partial charge on any atom is 0.253 e. The van der Waals surface area contributed by atoms with E-state index >= 15 is 0 Å². The van der Waals surface area contributed by atoms with Gasteiger partial charge in [-0.25, -0.2) is 4.98 Å². The van der Waals surface area contributed by atoms with Gasteiger partial charge in [-0.1, -0.05) is 11.6 Å². The van der Waals surface area contributed by atoms with Crippen molar-refractivity contribution >= 4 is 35.1 Å². The lowest BCUT2D eigenvalue weighted by Crippen LogP contribution is -2.29. The molecule has 0 aliphatic heterocycles. The van der Waals surface area contributed by atoms with Crippen molar-refractivity contribution in [3.8, 4) is 0 Å². The Morgan fingerprint density at radius 3 is 2.88 bits per heavy atom. The molecule has 4 nitrogen and oxygen atoms in total. The molecule has 0 unspecified atom stereocenters. The molecular weight excluding hydrogens is 258 g/mol. The van der Waals surface area contributed by atoms with Crippen molar-refractivity contribution in [3.63, 3.8) is 0 Å². The molecule has 0 aromatic carbocycles. The topological polar surface area (TPSA) is 45.2 Å². The minimum absolute atomic E-state index is 0.0418. The number of nitrogens with one attached hydrogen (secondary N) is 1. The van der Waals surface area contributed by atoms with Crippen molar-refractivity contribution in [1.29, 1.82) is 0 Å². The van der Waals surface area contributed by atoms with Crippen LogP contribution in [-0.4, -0.2) is 48.4 Å². The number of pyridine rings is 1.